The van der Waals surface area contributed by atoms with Crippen LogP contribution in [-0.4, -0.2) is 15.0 Å². The molecule has 0 radical (unpaired) electrons. The molecule has 6 heteroatoms. The van der Waals surface area contributed by atoms with E-state index in [1.54, 1.807) is 0 Å². The Hall–Kier alpha value is -8.40. The van der Waals surface area contributed by atoms with Gasteiger partial charge in [0.05, 0.1) is 6.57 Å². The molecule has 9 aromatic carbocycles. The number of benzene rings is 9. The van der Waals surface area contributed by atoms with Crippen LogP contribution in [0.1, 0.15) is 0 Å². The Labute approximate surface area is 343 Å². The van der Waals surface area contributed by atoms with Crippen molar-refractivity contribution in [1.82, 2.24) is 15.0 Å². The molecular weight excluding hydrogens is 737 g/mol. The molecule has 60 heavy (non-hydrogen) atoms. The third-order valence-electron chi connectivity index (χ3n) is 11.5. The first-order valence-electron chi connectivity index (χ1n) is 19.8. The molecular formula is C54H30N4O2. The first-order valence-corrected chi connectivity index (χ1v) is 19.8. The van der Waals surface area contributed by atoms with Crippen LogP contribution in [0.2, 0.25) is 0 Å². The molecule has 6 nitrogen and oxygen atoms in total. The fourth-order valence-corrected chi connectivity index (χ4v) is 8.60. The van der Waals surface area contributed by atoms with E-state index < -0.39 is 0 Å². The topological polar surface area (TPSA) is 69.3 Å². The number of rotatable bonds is 5. The SMILES string of the molecule is [C-]#[N+]c1ccc(-c2ccc3c4ccc(-c5cccc(-c6nc(-c7ccccc7)nc(-c7ccc8c(c7)oc7ccccc78)n6)c5)cc4c4oc5ccccc5c4c3c2)cc1. The van der Waals surface area contributed by atoms with Gasteiger partial charge in [-0.1, -0.05) is 140 Å². The molecule has 0 saturated heterocycles. The number of furan rings is 2. The van der Waals surface area contributed by atoms with Gasteiger partial charge in [-0.05, 0) is 80.9 Å². The third-order valence-corrected chi connectivity index (χ3v) is 11.5. The molecule has 3 aromatic heterocycles. The van der Waals surface area contributed by atoms with Gasteiger partial charge in [0.1, 0.15) is 22.3 Å². The van der Waals surface area contributed by atoms with Crippen molar-refractivity contribution < 1.29 is 8.83 Å². The summed E-state index contributed by atoms with van der Waals surface area (Å²) in [7, 11) is 0. The third kappa shape index (κ3) is 5.45. The van der Waals surface area contributed by atoms with E-state index in [4.69, 9.17) is 30.4 Å². The lowest BCUT2D eigenvalue weighted by Crippen LogP contribution is -2.00. The fraction of sp³-hybridized carbons (Fsp3) is 0. The molecule has 3 heterocycles. The largest absolute Gasteiger partial charge is 0.456 e. The predicted molar refractivity (Wildman–Crippen MR) is 243 cm³/mol. The van der Waals surface area contributed by atoms with E-state index in [2.05, 4.69) is 95.8 Å². The van der Waals surface area contributed by atoms with Gasteiger partial charge in [-0.25, -0.2) is 19.8 Å². The number of hydrogen-bond acceptors (Lipinski definition) is 5. The summed E-state index contributed by atoms with van der Waals surface area (Å²) in [5.41, 5.74) is 10.8. The zero-order valence-corrected chi connectivity index (χ0v) is 31.9. The smallest absolute Gasteiger partial charge is 0.187 e. The molecule has 0 aliphatic heterocycles. The monoisotopic (exact) mass is 766 g/mol. The summed E-state index contributed by atoms with van der Waals surface area (Å²) in [5, 5.41) is 8.73. The van der Waals surface area contributed by atoms with E-state index in [0.717, 1.165) is 104 Å². The molecule has 0 saturated carbocycles. The van der Waals surface area contributed by atoms with Crippen molar-refractivity contribution in [2.24, 2.45) is 0 Å². The molecule has 0 aliphatic rings. The van der Waals surface area contributed by atoms with Gasteiger partial charge in [0.2, 0.25) is 0 Å². The average molecular weight is 767 g/mol. The Kier molecular flexibility index (Phi) is 7.50. The van der Waals surface area contributed by atoms with Crippen LogP contribution in [-0.2, 0) is 0 Å². The summed E-state index contributed by atoms with van der Waals surface area (Å²) in [6, 6.07) is 62.0. The standard InChI is InChI=1S/C54H30N4O2/c1-55-39-23-18-32(19-24-39)35-20-25-40-41-26-21-36(30-46(41)51-50(45(40)29-35)44-15-6-8-17-48(44)60-51)34-12-9-13-37(28-34)53-56-52(33-10-3-2-4-11-33)57-54(58-53)38-22-27-43-42-14-5-7-16-47(42)59-49(43)31-38/h2-31H. The van der Waals surface area contributed by atoms with E-state index in [9.17, 15) is 0 Å². The van der Waals surface area contributed by atoms with E-state index in [1.165, 1.54) is 0 Å². The lowest BCUT2D eigenvalue weighted by atomic mass is 9.92. The maximum absolute atomic E-state index is 7.39. The quantitative estimate of drug-likeness (QED) is 0.129. The minimum atomic E-state index is 0.569. The molecule has 0 fully saturated rings. The van der Waals surface area contributed by atoms with Crippen molar-refractivity contribution in [2.75, 3.05) is 0 Å². The summed E-state index contributed by atoms with van der Waals surface area (Å²) < 4.78 is 13.0. The van der Waals surface area contributed by atoms with Crippen LogP contribution < -0.4 is 0 Å². The highest BCUT2D eigenvalue weighted by Crippen LogP contribution is 2.44. The fourth-order valence-electron chi connectivity index (χ4n) is 8.60. The maximum Gasteiger partial charge on any atom is 0.187 e. The van der Waals surface area contributed by atoms with Crippen LogP contribution in [0.4, 0.5) is 5.69 Å². The molecule has 0 aliphatic carbocycles. The molecule has 0 bridgehead atoms. The Morgan fingerprint density at radius 1 is 0.333 bits per heavy atom. The highest BCUT2D eigenvalue weighted by atomic mass is 16.3. The predicted octanol–water partition coefficient (Wildman–Crippen LogP) is 14.9. The van der Waals surface area contributed by atoms with Gasteiger partial charge in [-0.15, -0.1) is 0 Å². The Bertz CT molecular complexity index is 3730. The molecule has 0 atom stereocenters. The van der Waals surface area contributed by atoms with Crippen LogP contribution in [0.25, 0.3) is 127 Å². The Morgan fingerprint density at radius 3 is 1.62 bits per heavy atom. The molecule has 12 rings (SSSR count). The first-order chi connectivity index (χ1) is 29.6. The lowest BCUT2D eigenvalue weighted by Gasteiger charge is -2.12. The molecule has 0 unspecified atom stereocenters. The van der Waals surface area contributed by atoms with E-state index in [-0.39, 0.29) is 0 Å². The molecule has 12 aromatic rings. The van der Waals surface area contributed by atoms with Crippen LogP contribution in [0.5, 0.6) is 0 Å². The lowest BCUT2D eigenvalue weighted by molar-refractivity contribution is 0.669. The van der Waals surface area contributed by atoms with Crippen molar-refractivity contribution >= 4 is 71.1 Å². The number of hydrogen-bond donors (Lipinski definition) is 0. The van der Waals surface area contributed by atoms with E-state index in [1.807, 2.05) is 91.0 Å². The van der Waals surface area contributed by atoms with E-state index in [0.29, 0.717) is 23.2 Å². The van der Waals surface area contributed by atoms with Crippen LogP contribution in [0.15, 0.2) is 191 Å². The maximum atomic E-state index is 7.39. The van der Waals surface area contributed by atoms with Gasteiger partial charge in [-0.2, -0.15) is 0 Å². The Balaban J connectivity index is 1.00. The number of aromatic nitrogens is 3. The highest BCUT2D eigenvalue weighted by Gasteiger charge is 2.19. The molecule has 0 N–H and O–H groups in total. The van der Waals surface area contributed by atoms with Gasteiger partial charge in [0.25, 0.3) is 0 Å². The Morgan fingerprint density at radius 2 is 0.850 bits per heavy atom. The van der Waals surface area contributed by atoms with Crippen molar-refractivity contribution in [1.29, 1.82) is 0 Å². The number of fused-ring (bicyclic) bond motifs is 11. The minimum Gasteiger partial charge on any atom is -0.456 e. The molecule has 0 amide bonds. The second kappa shape index (κ2) is 13.3. The zero-order valence-electron chi connectivity index (χ0n) is 31.9. The van der Waals surface area contributed by atoms with E-state index >= 15 is 0 Å². The van der Waals surface area contributed by atoms with Gasteiger partial charge in [-0.3, -0.25) is 0 Å². The molecule has 278 valence electrons. The number of para-hydroxylation sites is 2. The van der Waals surface area contributed by atoms with Crippen molar-refractivity contribution in [3.05, 3.63) is 193 Å². The van der Waals surface area contributed by atoms with Gasteiger partial charge in [0, 0.05) is 43.6 Å². The summed E-state index contributed by atoms with van der Waals surface area (Å²) in [4.78, 5) is 18.7. The second-order valence-corrected chi connectivity index (χ2v) is 15.0. The first kappa shape index (κ1) is 33.7. The van der Waals surface area contributed by atoms with Crippen LogP contribution in [0.3, 0.4) is 0 Å². The minimum absolute atomic E-state index is 0.569. The number of nitrogens with zero attached hydrogens (tertiary/aromatic N) is 4. The van der Waals surface area contributed by atoms with Gasteiger partial charge in [0.15, 0.2) is 23.2 Å². The van der Waals surface area contributed by atoms with Crippen molar-refractivity contribution in [3.63, 3.8) is 0 Å². The van der Waals surface area contributed by atoms with Gasteiger partial charge < -0.3 is 8.83 Å². The summed E-state index contributed by atoms with van der Waals surface area (Å²) >= 11 is 0. The van der Waals surface area contributed by atoms with Crippen molar-refractivity contribution in [2.45, 2.75) is 0 Å². The zero-order chi connectivity index (χ0) is 39.7. The summed E-state index contributed by atoms with van der Waals surface area (Å²) in [5.74, 6) is 1.75. The summed E-state index contributed by atoms with van der Waals surface area (Å²) in [6.07, 6.45) is 0. The second-order valence-electron chi connectivity index (χ2n) is 15.0. The van der Waals surface area contributed by atoms with Crippen LogP contribution >= 0.6 is 0 Å². The highest BCUT2D eigenvalue weighted by molar-refractivity contribution is 6.31. The van der Waals surface area contributed by atoms with Crippen LogP contribution in [0, 0.1) is 6.57 Å². The van der Waals surface area contributed by atoms with Gasteiger partial charge >= 0.3 is 0 Å². The van der Waals surface area contributed by atoms with Crippen molar-refractivity contribution in [3.8, 4) is 56.4 Å². The summed E-state index contributed by atoms with van der Waals surface area (Å²) in [6.45, 7) is 7.39. The molecule has 0 spiro atoms. The normalized spacial score (nSPS) is 11.7. The average Bonchev–Trinajstić information content (AvgIpc) is 3.90.